The maximum absolute atomic E-state index is 13.6. The molecule has 0 saturated carbocycles. The molecular weight excluding hydrogens is 398 g/mol. The van der Waals surface area contributed by atoms with E-state index in [0.29, 0.717) is 29.8 Å². The molecule has 2 N–H and O–H groups in total. The minimum atomic E-state index is -0.452. The Bertz CT molecular complexity index is 1120. The lowest BCUT2D eigenvalue weighted by Crippen LogP contribution is -2.46. The molecule has 0 fully saturated rings. The third-order valence-electron chi connectivity index (χ3n) is 6.35. The fraction of sp³-hybridized carbons (Fsp3) is 0.308. The largest absolute Gasteiger partial charge is 0.383 e. The monoisotopic (exact) mass is 427 g/mol. The highest BCUT2D eigenvalue weighted by molar-refractivity contribution is 6.00. The predicted molar refractivity (Wildman–Crippen MR) is 126 cm³/mol. The molecule has 0 aromatic heterocycles. The number of benzene rings is 2. The van der Waals surface area contributed by atoms with Gasteiger partial charge in [0, 0.05) is 51.6 Å². The second kappa shape index (κ2) is 8.52. The van der Waals surface area contributed by atoms with Crippen LogP contribution in [0.3, 0.4) is 0 Å². The lowest BCUT2D eigenvalue weighted by atomic mass is 9.72. The van der Waals surface area contributed by atoms with Gasteiger partial charge in [-0.15, -0.1) is 0 Å². The third kappa shape index (κ3) is 3.65. The summed E-state index contributed by atoms with van der Waals surface area (Å²) in [5, 5.41) is 13.8. The quantitative estimate of drug-likeness (QED) is 0.801. The molecule has 0 amide bonds. The summed E-state index contributed by atoms with van der Waals surface area (Å²) in [4.78, 5) is 15.6. The number of hydrazine groups is 1. The Labute approximate surface area is 189 Å². The Morgan fingerprint density at radius 1 is 0.969 bits per heavy atom. The second-order valence-electron chi connectivity index (χ2n) is 8.79. The molecule has 6 nitrogen and oxygen atoms in total. The van der Waals surface area contributed by atoms with Crippen molar-refractivity contribution in [3.05, 3.63) is 88.4 Å². The number of allylic oxidation sites excluding steroid dienone is 3. The third-order valence-corrected chi connectivity index (χ3v) is 6.35. The fourth-order valence-corrected chi connectivity index (χ4v) is 4.83. The first kappa shape index (κ1) is 21.7. The maximum atomic E-state index is 13.6. The zero-order valence-corrected chi connectivity index (χ0v) is 19.0. The van der Waals surface area contributed by atoms with E-state index in [4.69, 9.17) is 5.73 Å². The van der Waals surface area contributed by atoms with Crippen LogP contribution in [0, 0.1) is 11.3 Å². The normalized spacial score (nSPS) is 21.0. The summed E-state index contributed by atoms with van der Waals surface area (Å²) in [6.45, 7) is 0. The molecule has 2 atom stereocenters. The van der Waals surface area contributed by atoms with Crippen molar-refractivity contribution >= 4 is 11.5 Å². The molecule has 2 aromatic carbocycles. The fourth-order valence-electron chi connectivity index (χ4n) is 4.83. The summed E-state index contributed by atoms with van der Waals surface area (Å²) >= 11 is 0. The van der Waals surface area contributed by atoms with Gasteiger partial charge in [-0.25, -0.2) is 5.01 Å². The highest BCUT2D eigenvalue weighted by atomic mass is 16.1. The first-order valence-corrected chi connectivity index (χ1v) is 10.8. The van der Waals surface area contributed by atoms with Gasteiger partial charge in [0.15, 0.2) is 5.78 Å². The number of anilines is 1. The molecule has 1 aliphatic carbocycles. The topological polar surface area (TPSA) is 76.6 Å². The molecule has 0 spiro atoms. The van der Waals surface area contributed by atoms with Crippen molar-refractivity contribution in [3.63, 3.8) is 0 Å². The van der Waals surface area contributed by atoms with E-state index < -0.39 is 5.92 Å². The van der Waals surface area contributed by atoms with Crippen molar-refractivity contribution in [2.45, 2.75) is 24.7 Å². The van der Waals surface area contributed by atoms with Gasteiger partial charge in [-0.1, -0.05) is 42.5 Å². The van der Waals surface area contributed by atoms with Crippen LogP contribution in [-0.2, 0) is 4.79 Å². The molecule has 2 aromatic rings. The van der Waals surface area contributed by atoms with Gasteiger partial charge in [0.25, 0.3) is 0 Å². The van der Waals surface area contributed by atoms with Crippen molar-refractivity contribution in [1.82, 2.24) is 10.0 Å². The Morgan fingerprint density at radius 2 is 1.62 bits per heavy atom. The standard InChI is InChI=1S/C26H29N5O/c1-29(2)20-12-10-18(11-13-20)24-21(16-27)26(28)31(30(3)4)22-14-19(15-23(32)25(22)24)17-8-6-5-7-9-17/h5-13,19,24H,14-15,28H2,1-4H3/t19-,24-/m0/s1. The van der Waals surface area contributed by atoms with Crippen molar-refractivity contribution in [1.29, 1.82) is 5.26 Å². The van der Waals surface area contributed by atoms with E-state index in [1.165, 1.54) is 0 Å². The van der Waals surface area contributed by atoms with Crippen LogP contribution in [0.5, 0.6) is 0 Å². The molecular formula is C26H29N5O. The molecule has 4 rings (SSSR count). The van der Waals surface area contributed by atoms with E-state index in [1.807, 2.05) is 85.6 Å². The van der Waals surface area contributed by atoms with E-state index in [1.54, 1.807) is 0 Å². The summed E-state index contributed by atoms with van der Waals surface area (Å²) in [5.41, 5.74) is 11.7. The van der Waals surface area contributed by atoms with E-state index in [0.717, 1.165) is 22.5 Å². The number of ketones is 1. The molecule has 0 radical (unpaired) electrons. The van der Waals surface area contributed by atoms with E-state index in [2.05, 4.69) is 18.2 Å². The van der Waals surface area contributed by atoms with Gasteiger partial charge in [0.05, 0.1) is 17.6 Å². The Balaban J connectivity index is 1.86. The number of nitrogens with two attached hydrogens (primary N) is 1. The van der Waals surface area contributed by atoms with Crippen LogP contribution in [0.15, 0.2) is 77.3 Å². The lowest BCUT2D eigenvalue weighted by Gasteiger charge is -2.43. The first-order valence-electron chi connectivity index (χ1n) is 10.8. The lowest BCUT2D eigenvalue weighted by molar-refractivity contribution is -0.117. The van der Waals surface area contributed by atoms with Crippen LogP contribution in [0.2, 0.25) is 0 Å². The van der Waals surface area contributed by atoms with Crippen molar-refractivity contribution in [2.24, 2.45) is 5.73 Å². The van der Waals surface area contributed by atoms with Crippen LogP contribution in [0.25, 0.3) is 0 Å². The number of Topliss-reactive ketones (excluding diaryl/α,β-unsaturated/α-hetero) is 1. The van der Waals surface area contributed by atoms with Gasteiger partial charge < -0.3 is 10.6 Å². The molecule has 1 aliphatic heterocycles. The summed E-state index contributed by atoms with van der Waals surface area (Å²) in [5.74, 6) is 0.0954. The highest BCUT2D eigenvalue weighted by Gasteiger charge is 2.43. The summed E-state index contributed by atoms with van der Waals surface area (Å²) in [6.07, 6.45) is 1.12. The van der Waals surface area contributed by atoms with Crippen LogP contribution in [-0.4, -0.2) is 44.0 Å². The van der Waals surface area contributed by atoms with Gasteiger partial charge in [-0.3, -0.25) is 9.80 Å². The Kier molecular flexibility index (Phi) is 5.77. The zero-order valence-electron chi connectivity index (χ0n) is 19.0. The number of nitriles is 1. The molecule has 2 aliphatic rings. The van der Waals surface area contributed by atoms with Crippen molar-refractivity contribution in [2.75, 3.05) is 33.1 Å². The predicted octanol–water partition coefficient (Wildman–Crippen LogP) is 3.72. The van der Waals surface area contributed by atoms with Crippen LogP contribution in [0.1, 0.15) is 35.8 Å². The van der Waals surface area contributed by atoms with Gasteiger partial charge in [-0.2, -0.15) is 5.26 Å². The van der Waals surface area contributed by atoms with Crippen LogP contribution < -0.4 is 10.6 Å². The van der Waals surface area contributed by atoms with E-state index >= 15 is 0 Å². The smallest absolute Gasteiger partial charge is 0.162 e. The number of hydrogen-bond acceptors (Lipinski definition) is 6. The average Bonchev–Trinajstić information content (AvgIpc) is 2.78. The molecule has 0 bridgehead atoms. The van der Waals surface area contributed by atoms with E-state index in [9.17, 15) is 10.1 Å². The molecule has 0 saturated heterocycles. The highest BCUT2D eigenvalue weighted by Crippen LogP contribution is 2.48. The maximum Gasteiger partial charge on any atom is 0.162 e. The van der Waals surface area contributed by atoms with Gasteiger partial charge >= 0.3 is 0 Å². The molecule has 0 unspecified atom stereocenters. The number of rotatable bonds is 4. The van der Waals surface area contributed by atoms with Gasteiger partial charge in [0.2, 0.25) is 0 Å². The Morgan fingerprint density at radius 3 is 2.19 bits per heavy atom. The number of hydrogen-bond donors (Lipinski definition) is 1. The minimum Gasteiger partial charge on any atom is -0.383 e. The molecule has 6 heteroatoms. The van der Waals surface area contributed by atoms with Crippen LogP contribution in [0.4, 0.5) is 5.69 Å². The Hall–Kier alpha value is -3.56. The SMILES string of the molecule is CN(C)c1ccc([C@H]2C(C#N)=C(N)N(N(C)C)C3=C2C(=O)C[C@@H](c2ccccc2)C3)cc1. The summed E-state index contributed by atoms with van der Waals surface area (Å²) in [6, 6.07) is 20.5. The zero-order chi connectivity index (χ0) is 23.0. The van der Waals surface area contributed by atoms with Gasteiger partial charge in [-0.05, 0) is 35.6 Å². The summed E-state index contributed by atoms with van der Waals surface area (Å²) < 4.78 is 0. The number of carbonyl (C=O) groups excluding carboxylic acids is 1. The van der Waals surface area contributed by atoms with Crippen LogP contribution >= 0.6 is 0 Å². The van der Waals surface area contributed by atoms with Crippen molar-refractivity contribution in [3.8, 4) is 6.07 Å². The minimum absolute atomic E-state index is 0.0777. The average molecular weight is 428 g/mol. The van der Waals surface area contributed by atoms with E-state index in [-0.39, 0.29) is 11.7 Å². The molecule has 164 valence electrons. The first-order chi connectivity index (χ1) is 15.3. The van der Waals surface area contributed by atoms with Crippen molar-refractivity contribution < 1.29 is 4.79 Å². The van der Waals surface area contributed by atoms with Gasteiger partial charge in [0.1, 0.15) is 5.82 Å². The second-order valence-corrected chi connectivity index (χ2v) is 8.79. The summed E-state index contributed by atoms with van der Waals surface area (Å²) in [7, 11) is 7.74. The number of nitrogens with zero attached hydrogens (tertiary/aromatic N) is 4. The molecule has 1 heterocycles. The number of carbonyl (C=O) groups is 1. The molecule has 32 heavy (non-hydrogen) atoms.